The number of aromatic nitrogens is 3. The molecule has 0 aliphatic carbocycles. The minimum absolute atomic E-state index is 0.0263. The average Bonchev–Trinajstić information content (AvgIpc) is 3.04. The number of anilines is 1. The van der Waals surface area contributed by atoms with Gasteiger partial charge in [0.25, 0.3) is 0 Å². The number of carbonyl (C=O) groups excluding carboxylic acids is 2. The van der Waals surface area contributed by atoms with Crippen molar-refractivity contribution in [3.05, 3.63) is 22.6 Å². The molecule has 1 atom stereocenters. The van der Waals surface area contributed by atoms with Crippen LogP contribution in [0.4, 0.5) is 5.82 Å². The first-order chi connectivity index (χ1) is 13.4. The number of fused-ring (bicyclic) bond motifs is 1. The van der Waals surface area contributed by atoms with E-state index in [0.29, 0.717) is 36.5 Å². The maximum absolute atomic E-state index is 12.4. The standard InChI is InChI=1S/C18H23N5O5/c24-14(20-13-5-4-12-17(21-13)22-18(28)19-12)6-7-15(25)23-9-1-2-11(10-23)3-8-16(26)27/h4-5,11H,1-3,6-10H2,(H,26,27)(H3,19,20,21,22,24,28). The van der Waals surface area contributed by atoms with Crippen LogP contribution in [-0.4, -0.2) is 55.8 Å². The molecule has 1 saturated heterocycles. The second-order valence-electron chi connectivity index (χ2n) is 7.00. The third kappa shape index (κ3) is 5.18. The van der Waals surface area contributed by atoms with Crippen LogP contribution in [-0.2, 0) is 14.4 Å². The first kappa shape index (κ1) is 19.6. The summed E-state index contributed by atoms with van der Waals surface area (Å²) in [5.74, 6) is -0.768. The summed E-state index contributed by atoms with van der Waals surface area (Å²) >= 11 is 0. The molecule has 1 aliphatic rings. The number of aliphatic carboxylic acids is 1. The number of rotatable bonds is 7. The fourth-order valence-corrected chi connectivity index (χ4v) is 3.42. The maximum Gasteiger partial charge on any atom is 0.325 e. The van der Waals surface area contributed by atoms with E-state index in [9.17, 15) is 19.2 Å². The average molecular weight is 389 g/mol. The Kier molecular flexibility index (Phi) is 6.07. The van der Waals surface area contributed by atoms with Crippen LogP contribution >= 0.6 is 0 Å². The molecule has 1 unspecified atom stereocenters. The van der Waals surface area contributed by atoms with Gasteiger partial charge in [0.2, 0.25) is 11.8 Å². The maximum atomic E-state index is 12.4. The van der Waals surface area contributed by atoms with Gasteiger partial charge < -0.3 is 20.3 Å². The summed E-state index contributed by atoms with van der Waals surface area (Å²) in [6, 6.07) is 3.20. The van der Waals surface area contributed by atoms with Crippen molar-refractivity contribution in [2.75, 3.05) is 18.4 Å². The van der Waals surface area contributed by atoms with Gasteiger partial charge in [0.05, 0.1) is 5.52 Å². The topological polar surface area (TPSA) is 148 Å². The number of H-pyrrole nitrogens is 2. The Balaban J connectivity index is 1.47. The van der Waals surface area contributed by atoms with Crippen molar-refractivity contribution in [1.29, 1.82) is 0 Å². The van der Waals surface area contributed by atoms with Gasteiger partial charge in [-0.15, -0.1) is 0 Å². The number of piperidine rings is 1. The van der Waals surface area contributed by atoms with Crippen molar-refractivity contribution in [2.45, 2.75) is 38.5 Å². The molecule has 2 amide bonds. The molecule has 0 radical (unpaired) electrons. The van der Waals surface area contributed by atoms with E-state index in [2.05, 4.69) is 20.3 Å². The number of imidazole rings is 1. The zero-order chi connectivity index (χ0) is 20.1. The second-order valence-corrected chi connectivity index (χ2v) is 7.00. The highest BCUT2D eigenvalue weighted by atomic mass is 16.4. The lowest BCUT2D eigenvalue weighted by molar-refractivity contribution is -0.137. The summed E-state index contributed by atoms with van der Waals surface area (Å²) in [5, 5.41) is 11.4. The highest BCUT2D eigenvalue weighted by molar-refractivity contribution is 5.93. The number of amides is 2. The molecule has 3 heterocycles. The Morgan fingerprint density at radius 2 is 2.04 bits per heavy atom. The molecule has 2 aromatic rings. The molecule has 10 heteroatoms. The third-order valence-corrected chi connectivity index (χ3v) is 4.85. The molecule has 3 rings (SSSR count). The molecule has 28 heavy (non-hydrogen) atoms. The fraction of sp³-hybridized carbons (Fsp3) is 0.500. The number of carboxylic acids is 1. The van der Waals surface area contributed by atoms with Crippen LogP contribution in [0.15, 0.2) is 16.9 Å². The first-order valence-electron chi connectivity index (χ1n) is 9.29. The molecule has 0 saturated carbocycles. The highest BCUT2D eigenvalue weighted by Crippen LogP contribution is 2.22. The Morgan fingerprint density at radius 1 is 1.21 bits per heavy atom. The van der Waals surface area contributed by atoms with E-state index in [4.69, 9.17) is 5.11 Å². The van der Waals surface area contributed by atoms with E-state index in [1.807, 2.05) is 0 Å². The summed E-state index contributed by atoms with van der Waals surface area (Å²) < 4.78 is 0. The normalized spacial score (nSPS) is 16.9. The van der Waals surface area contributed by atoms with Gasteiger partial charge >= 0.3 is 11.7 Å². The number of hydrogen-bond acceptors (Lipinski definition) is 5. The summed E-state index contributed by atoms with van der Waals surface area (Å²) in [7, 11) is 0. The molecular formula is C18H23N5O5. The number of hydrogen-bond donors (Lipinski definition) is 4. The van der Waals surface area contributed by atoms with E-state index in [1.54, 1.807) is 17.0 Å². The number of nitrogens with zero attached hydrogens (tertiary/aromatic N) is 2. The lowest BCUT2D eigenvalue weighted by atomic mass is 9.93. The number of pyridine rings is 1. The van der Waals surface area contributed by atoms with Gasteiger partial charge in [-0.3, -0.25) is 19.4 Å². The van der Waals surface area contributed by atoms with Crippen molar-refractivity contribution >= 4 is 34.8 Å². The monoisotopic (exact) mass is 389 g/mol. The Bertz CT molecular complexity index is 934. The van der Waals surface area contributed by atoms with Crippen LogP contribution < -0.4 is 11.0 Å². The summed E-state index contributed by atoms with van der Waals surface area (Å²) in [6.07, 6.45) is 2.56. The van der Waals surface area contributed by atoms with E-state index in [1.165, 1.54) is 0 Å². The van der Waals surface area contributed by atoms with Crippen LogP contribution in [0.3, 0.4) is 0 Å². The van der Waals surface area contributed by atoms with Gasteiger partial charge in [-0.2, -0.15) is 0 Å². The number of aromatic amines is 2. The quantitative estimate of drug-likeness (QED) is 0.557. The molecule has 0 bridgehead atoms. The molecule has 1 fully saturated rings. The zero-order valence-corrected chi connectivity index (χ0v) is 15.4. The van der Waals surface area contributed by atoms with Crippen LogP contribution in [0.25, 0.3) is 11.2 Å². The molecular weight excluding hydrogens is 366 g/mol. The van der Waals surface area contributed by atoms with E-state index in [-0.39, 0.29) is 42.7 Å². The van der Waals surface area contributed by atoms with E-state index < -0.39 is 5.97 Å². The number of nitrogens with one attached hydrogen (secondary N) is 3. The largest absolute Gasteiger partial charge is 0.481 e. The molecule has 0 aromatic carbocycles. The van der Waals surface area contributed by atoms with Gasteiger partial charge in [0.1, 0.15) is 5.82 Å². The van der Waals surface area contributed by atoms with Crippen LogP contribution in [0, 0.1) is 5.92 Å². The minimum Gasteiger partial charge on any atom is -0.481 e. The Hall–Kier alpha value is -3.17. The highest BCUT2D eigenvalue weighted by Gasteiger charge is 2.24. The summed E-state index contributed by atoms with van der Waals surface area (Å²) in [5.41, 5.74) is 0.514. The molecule has 0 spiro atoms. The number of carboxylic acid groups (broad SMARTS) is 1. The first-order valence-corrected chi connectivity index (χ1v) is 9.29. The van der Waals surface area contributed by atoms with Crippen LogP contribution in [0.1, 0.15) is 38.5 Å². The van der Waals surface area contributed by atoms with Crippen molar-refractivity contribution in [2.24, 2.45) is 5.92 Å². The van der Waals surface area contributed by atoms with Gasteiger partial charge in [0, 0.05) is 32.4 Å². The zero-order valence-electron chi connectivity index (χ0n) is 15.4. The van der Waals surface area contributed by atoms with Crippen LogP contribution in [0.5, 0.6) is 0 Å². The predicted octanol–water partition coefficient (Wildman–Crippen LogP) is 1.07. The molecule has 150 valence electrons. The molecule has 10 nitrogen and oxygen atoms in total. The number of carbonyl (C=O) groups is 3. The molecule has 4 N–H and O–H groups in total. The summed E-state index contributed by atoms with van der Waals surface area (Å²) in [6.45, 7) is 1.19. The van der Waals surface area contributed by atoms with Crippen molar-refractivity contribution < 1.29 is 19.5 Å². The Labute approximate surface area is 160 Å². The van der Waals surface area contributed by atoms with Crippen LogP contribution in [0.2, 0.25) is 0 Å². The lowest BCUT2D eigenvalue weighted by Crippen LogP contribution is -2.40. The van der Waals surface area contributed by atoms with Crippen molar-refractivity contribution in [3.8, 4) is 0 Å². The molecule has 1 aliphatic heterocycles. The minimum atomic E-state index is -0.823. The number of likely N-dealkylation sites (tertiary alicyclic amines) is 1. The smallest absolute Gasteiger partial charge is 0.325 e. The van der Waals surface area contributed by atoms with E-state index in [0.717, 1.165) is 12.8 Å². The lowest BCUT2D eigenvalue weighted by Gasteiger charge is -2.32. The Morgan fingerprint density at radius 3 is 2.82 bits per heavy atom. The van der Waals surface area contributed by atoms with Crippen molar-refractivity contribution in [1.82, 2.24) is 19.9 Å². The SMILES string of the molecule is O=C(O)CCC1CCCN(C(=O)CCC(=O)Nc2ccc3[nH]c(=O)[nH]c3n2)C1. The van der Waals surface area contributed by atoms with Crippen molar-refractivity contribution in [3.63, 3.8) is 0 Å². The van der Waals surface area contributed by atoms with Gasteiger partial charge in [-0.1, -0.05) is 0 Å². The molecule has 2 aromatic heterocycles. The second kappa shape index (κ2) is 8.68. The predicted molar refractivity (Wildman–Crippen MR) is 101 cm³/mol. The van der Waals surface area contributed by atoms with Gasteiger partial charge in [-0.05, 0) is 37.3 Å². The van der Waals surface area contributed by atoms with Gasteiger partial charge in [-0.25, -0.2) is 9.78 Å². The fourth-order valence-electron chi connectivity index (χ4n) is 3.42. The van der Waals surface area contributed by atoms with E-state index >= 15 is 0 Å². The van der Waals surface area contributed by atoms with Gasteiger partial charge in [0.15, 0.2) is 5.65 Å². The third-order valence-electron chi connectivity index (χ3n) is 4.85. The summed E-state index contributed by atoms with van der Waals surface area (Å²) in [4.78, 5) is 57.4.